The molecule has 0 aliphatic carbocycles. The fourth-order valence-electron chi connectivity index (χ4n) is 0.464. The topological polar surface area (TPSA) is 58.4 Å². The Morgan fingerprint density at radius 2 is 2.09 bits per heavy atom. The largest absolute Gasteiger partial charge is 0.410 e. The summed E-state index contributed by atoms with van der Waals surface area (Å²) in [6, 6.07) is 0. The van der Waals surface area contributed by atoms with E-state index in [1.807, 2.05) is 0 Å². The molecule has 0 saturated heterocycles. The molecule has 0 atom stereocenters. The second-order valence-electron chi connectivity index (χ2n) is 1.62. The summed E-state index contributed by atoms with van der Waals surface area (Å²) in [4.78, 5) is 6.88. The Hall–Kier alpha value is -1.23. The van der Waals surface area contributed by atoms with Crippen molar-refractivity contribution in [3.8, 4) is 0 Å². The number of aromatic nitrogens is 2. The van der Waals surface area contributed by atoms with Crippen molar-refractivity contribution in [1.82, 2.24) is 9.97 Å². The number of halogens is 2. The molecule has 11 heavy (non-hydrogen) atoms. The first-order valence-electron chi connectivity index (χ1n) is 2.59. The van der Waals surface area contributed by atoms with E-state index in [-0.39, 0.29) is 11.0 Å². The molecule has 0 spiro atoms. The van der Waals surface area contributed by atoms with E-state index in [0.717, 1.165) is 12.4 Å². The Kier molecular flexibility index (Phi) is 2.32. The lowest BCUT2D eigenvalue weighted by atomic mass is 10.6. The highest BCUT2D eigenvalue weighted by Gasteiger charge is 2.02. The van der Waals surface area contributed by atoms with Gasteiger partial charge in [0.1, 0.15) is 0 Å². The van der Waals surface area contributed by atoms with E-state index in [0.29, 0.717) is 0 Å². The normalized spacial score (nSPS) is 11.6. The van der Waals surface area contributed by atoms with Crippen molar-refractivity contribution >= 4 is 16.8 Å². The summed E-state index contributed by atoms with van der Waals surface area (Å²) in [7, 11) is 0. The molecule has 1 heterocycles. The molecule has 1 rings (SSSR count). The first kappa shape index (κ1) is 7.87. The molecule has 0 saturated carbocycles. The lowest BCUT2D eigenvalue weighted by Gasteiger charge is -1.91. The minimum absolute atomic E-state index is 0.0180. The van der Waals surface area contributed by atoms with Crippen LogP contribution in [0.2, 0.25) is 0 Å². The number of nitrogens with zero attached hydrogens (tertiary/aromatic N) is 3. The average Bonchev–Trinajstić information content (AvgIpc) is 2.05. The van der Waals surface area contributed by atoms with Gasteiger partial charge in [-0.15, -0.1) is 0 Å². The number of hydrogen-bond donors (Lipinski definition) is 1. The average molecular weight is 176 g/mol. The molecular weight excluding hydrogens is 173 g/mol. The van der Waals surface area contributed by atoms with Crippen LogP contribution < -0.4 is 0 Å². The fourth-order valence-corrected chi connectivity index (χ4v) is 0.561. The maximum Gasteiger partial charge on any atom is 0.212 e. The van der Waals surface area contributed by atoms with Crippen LogP contribution in [0, 0.1) is 5.82 Å². The van der Waals surface area contributed by atoms with E-state index in [1.54, 1.807) is 0 Å². The molecule has 4 nitrogen and oxygen atoms in total. The second kappa shape index (κ2) is 3.25. The Morgan fingerprint density at radius 3 is 2.55 bits per heavy atom. The molecule has 0 aliphatic heterocycles. The SMILES string of the molecule is ON=C(Cl)c1ncc(F)cn1. The zero-order valence-electron chi connectivity index (χ0n) is 5.20. The summed E-state index contributed by atoms with van der Waals surface area (Å²) < 4.78 is 12.2. The Labute approximate surface area is 66.3 Å². The summed E-state index contributed by atoms with van der Waals surface area (Å²) in [6.07, 6.45) is 1.85. The minimum Gasteiger partial charge on any atom is -0.410 e. The Bertz CT molecular complexity index is 274. The van der Waals surface area contributed by atoms with Crippen molar-refractivity contribution in [1.29, 1.82) is 0 Å². The molecule has 0 unspecified atom stereocenters. The lowest BCUT2D eigenvalue weighted by Crippen LogP contribution is -1.99. The Balaban J connectivity index is 2.99. The molecule has 58 valence electrons. The van der Waals surface area contributed by atoms with Crippen molar-refractivity contribution in [3.05, 3.63) is 24.0 Å². The zero-order chi connectivity index (χ0) is 8.27. The van der Waals surface area contributed by atoms with E-state index in [4.69, 9.17) is 16.8 Å². The highest BCUT2D eigenvalue weighted by molar-refractivity contribution is 6.68. The van der Waals surface area contributed by atoms with Crippen LogP contribution in [-0.4, -0.2) is 20.3 Å². The fraction of sp³-hybridized carbons (Fsp3) is 0. The van der Waals surface area contributed by atoms with E-state index in [1.165, 1.54) is 0 Å². The molecule has 0 bridgehead atoms. The molecule has 1 N–H and O–H groups in total. The van der Waals surface area contributed by atoms with Gasteiger partial charge in [-0.05, 0) is 0 Å². The van der Waals surface area contributed by atoms with Gasteiger partial charge in [0, 0.05) is 0 Å². The van der Waals surface area contributed by atoms with Crippen LogP contribution in [0.25, 0.3) is 0 Å². The summed E-state index contributed by atoms with van der Waals surface area (Å²) in [5.74, 6) is -0.591. The highest BCUT2D eigenvalue weighted by atomic mass is 35.5. The van der Waals surface area contributed by atoms with Crippen LogP contribution >= 0.6 is 11.6 Å². The quantitative estimate of drug-likeness (QED) is 0.393. The molecule has 0 aromatic carbocycles. The predicted molar refractivity (Wildman–Crippen MR) is 36.2 cm³/mol. The van der Waals surface area contributed by atoms with Crippen molar-refractivity contribution in [2.75, 3.05) is 0 Å². The predicted octanol–water partition coefficient (Wildman–Crippen LogP) is 0.990. The first-order valence-corrected chi connectivity index (χ1v) is 2.97. The van der Waals surface area contributed by atoms with Gasteiger partial charge in [0.05, 0.1) is 12.4 Å². The number of hydrogen-bond acceptors (Lipinski definition) is 4. The lowest BCUT2D eigenvalue weighted by molar-refractivity contribution is 0.320. The number of rotatable bonds is 1. The van der Waals surface area contributed by atoms with Gasteiger partial charge in [-0.25, -0.2) is 14.4 Å². The molecule has 0 radical (unpaired) electrons. The van der Waals surface area contributed by atoms with Gasteiger partial charge >= 0.3 is 0 Å². The standard InChI is InChI=1S/C5H3ClFN3O/c6-4(10-11)5-8-1-3(7)2-9-5/h1-2,11H. The monoisotopic (exact) mass is 175 g/mol. The smallest absolute Gasteiger partial charge is 0.212 e. The zero-order valence-corrected chi connectivity index (χ0v) is 5.96. The van der Waals surface area contributed by atoms with Crippen molar-refractivity contribution in [3.63, 3.8) is 0 Å². The molecule has 1 aromatic rings. The van der Waals surface area contributed by atoms with Gasteiger partial charge in [-0.1, -0.05) is 16.8 Å². The molecule has 0 amide bonds. The molecule has 1 aromatic heterocycles. The van der Waals surface area contributed by atoms with E-state index in [2.05, 4.69) is 15.1 Å². The van der Waals surface area contributed by atoms with Gasteiger partial charge in [-0.3, -0.25) is 0 Å². The third-order valence-corrected chi connectivity index (χ3v) is 1.14. The van der Waals surface area contributed by atoms with Crippen LogP contribution in [-0.2, 0) is 0 Å². The van der Waals surface area contributed by atoms with Crippen molar-refractivity contribution in [2.24, 2.45) is 5.16 Å². The molecule has 0 fully saturated rings. The third kappa shape index (κ3) is 1.84. The second-order valence-corrected chi connectivity index (χ2v) is 1.97. The number of oxime groups is 1. The minimum atomic E-state index is -0.573. The van der Waals surface area contributed by atoms with E-state index < -0.39 is 5.82 Å². The van der Waals surface area contributed by atoms with Gasteiger partial charge in [0.2, 0.25) is 5.17 Å². The maximum absolute atomic E-state index is 12.2. The maximum atomic E-state index is 12.2. The summed E-state index contributed by atoms with van der Waals surface area (Å²) in [5, 5.41) is 10.5. The van der Waals surface area contributed by atoms with Gasteiger partial charge in [-0.2, -0.15) is 0 Å². The van der Waals surface area contributed by atoms with Gasteiger partial charge in [0.15, 0.2) is 11.6 Å². The van der Waals surface area contributed by atoms with Crippen molar-refractivity contribution < 1.29 is 9.60 Å². The van der Waals surface area contributed by atoms with Crippen LogP contribution in [0.3, 0.4) is 0 Å². The van der Waals surface area contributed by atoms with Gasteiger partial charge in [0.25, 0.3) is 0 Å². The highest BCUT2D eigenvalue weighted by Crippen LogP contribution is 1.97. The van der Waals surface area contributed by atoms with Crippen LogP contribution in [0.1, 0.15) is 5.82 Å². The summed E-state index contributed by atoms with van der Waals surface area (Å²) in [5.41, 5.74) is 0. The summed E-state index contributed by atoms with van der Waals surface area (Å²) >= 11 is 5.30. The van der Waals surface area contributed by atoms with Crippen LogP contribution in [0.15, 0.2) is 17.5 Å². The van der Waals surface area contributed by atoms with Crippen LogP contribution in [0.5, 0.6) is 0 Å². The Morgan fingerprint density at radius 1 is 1.55 bits per heavy atom. The first-order chi connectivity index (χ1) is 5.24. The third-order valence-electron chi connectivity index (χ3n) is 0.893. The summed E-state index contributed by atoms with van der Waals surface area (Å²) in [6.45, 7) is 0. The van der Waals surface area contributed by atoms with E-state index >= 15 is 0 Å². The molecule has 0 aliphatic rings. The van der Waals surface area contributed by atoms with Gasteiger partial charge < -0.3 is 5.21 Å². The van der Waals surface area contributed by atoms with Crippen molar-refractivity contribution in [2.45, 2.75) is 0 Å². The molecule has 6 heteroatoms. The molecular formula is C5H3ClFN3O. The van der Waals surface area contributed by atoms with E-state index in [9.17, 15) is 4.39 Å². The van der Waals surface area contributed by atoms with Crippen LogP contribution in [0.4, 0.5) is 4.39 Å².